The summed E-state index contributed by atoms with van der Waals surface area (Å²) in [5.74, 6) is -1.96. The number of benzene rings is 3. The van der Waals surface area contributed by atoms with Crippen LogP contribution < -0.4 is 4.72 Å². The SMILES string of the molecule is C=CCCS[C@H]1O[C@H]([C@H](N[S+]([O-])C(C)(C)C)[C@H](C)C=C)[C@H](OC(=O)c2ccccc2)[C@H](OC(=O)c2ccccc2)[C@H]1OC(=O)c1ccccc1. The Morgan fingerprint density at radius 3 is 1.68 bits per heavy atom. The lowest BCUT2D eigenvalue weighted by molar-refractivity contribution is -0.207. The summed E-state index contributed by atoms with van der Waals surface area (Å²) in [5, 5.41) is 0. The molecule has 0 aliphatic carbocycles. The van der Waals surface area contributed by atoms with Gasteiger partial charge in [-0.1, -0.05) is 73.7 Å². The van der Waals surface area contributed by atoms with E-state index in [-0.39, 0.29) is 22.6 Å². The Labute approximate surface area is 302 Å². The molecular weight excluding hydrogens is 675 g/mol. The third kappa shape index (κ3) is 10.3. The monoisotopic (exact) mass is 719 g/mol. The summed E-state index contributed by atoms with van der Waals surface area (Å²) in [4.78, 5) is 41.3. The number of carbonyl (C=O) groups excluding carboxylic acids is 3. The molecule has 1 aliphatic heterocycles. The van der Waals surface area contributed by atoms with Crippen LogP contribution in [0.5, 0.6) is 0 Å². The molecule has 9 nitrogen and oxygen atoms in total. The Balaban J connectivity index is 1.88. The van der Waals surface area contributed by atoms with Gasteiger partial charge in [0, 0.05) is 11.4 Å². The van der Waals surface area contributed by atoms with Gasteiger partial charge in [-0.05, 0) is 75.3 Å². The molecule has 1 aliphatic rings. The fourth-order valence-electron chi connectivity index (χ4n) is 5.14. The molecule has 4 rings (SSSR count). The van der Waals surface area contributed by atoms with Crippen LogP contribution in [0.4, 0.5) is 0 Å². The first-order valence-electron chi connectivity index (χ1n) is 16.4. The Morgan fingerprint density at radius 2 is 1.26 bits per heavy atom. The van der Waals surface area contributed by atoms with Crippen LogP contribution in [-0.4, -0.2) is 68.9 Å². The molecule has 0 aromatic heterocycles. The molecule has 50 heavy (non-hydrogen) atoms. The fourth-order valence-corrected chi connectivity index (χ4v) is 7.23. The second-order valence-electron chi connectivity index (χ2n) is 12.7. The molecule has 11 heteroatoms. The van der Waals surface area contributed by atoms with E-state index < -0.39 is 69.9 Å². The van der Waals surface area contributed by atoms with Gasteiger partial charge in [0.25, 0.3) is 0 Å². The molecule has 1 N–H and O–H groups in total. The quantitative estimate of drug-likeness (QED) is 0.0581. The average molecular weight is 720 g/mol. The molecule has 1 fully saturated rings. The average Bonchev–Trinajstić information content (AvgIpc) is 3.12. The number of nitrogens with one attached hydrogen (secondary N) is 1. The molecule has 1 saturated heterocycles. The molecule has 266 valence electrons. The minimum absolute atomic E-state index is 0.246. The van der Waals surface area contributed by atoms with Crippen molar-refractivity contribution in [1.82, 2.24) is 4.72 Å². The summed E-state index contributed by atoms with van der Waals surface area (Å²) in [7, 11) is 0. The number of ether oxygens (including phenoxy) is 4. The highest BCUT2D eigenvalue weighted by atomic mass is 32.2. The van der Waals surface area contributed by atoms with Crippen LogP contribution in [0.15, 0.2) is 116 Å². The smallest absolute Gasteiger partial charge is 0.338 e. The fraction of sp³-hybridized carbons (Fsp3) is 0.359. The summed E-state index contributed by atoms with van der Waals surface area (Å²) in [6.45, 7) is 15.2. The Kier molecular flexibility index (Phi) is 14.3. The van der Waals surface area contributed by atoms with Gasteiger partial charge in [0.15, 0.2) is 18.3 Å². The molecule has 0 spiro atoms. The van der Waals surface area contributed by atoms with Crippen molar-refractivity contribution >= 4 is 41.0 Å². The Hall–Kier alpha value is -3.87. The lowest BCUT2D eigenvalue weighted by Gasteiger charge is -2.47. The van der Waals surface area contributed by atoms with Gasteiger partial charge in [0.05, 0.1) is 22.7 Å². The number of esters is 3. The van der Waals surface area contributed by atoms with Gasteiger partial charge in [-0.3, -0.25) is 0 Å². The first kappa shape index (κ1) is 38.9. The summed E-state index contributed by atoms with van der Waals surface area (Å²) < 4.78 is 41.6. The number of allylic oxidation sites excluding steroid dienone is 1. The van der Waals surface area contributed by atoms with Gasteiger partial charge in [-0.25, -0.2) is 14.4 Å². The van der Waals surface area contributed by atoms with Crippen LogP contribution in [0.3, 0.4) is 0 Å². The lowest BCUT2D eigenvalue weighted by atomic mass is 9.88. The van der Waals surface area contributed by atoms with E-state index in [0.717, 1.165) is 0 Å². The van der Waals surface area contributed by atoms with Gasteiger partial charge >= 0.3 is 17.9 Å². The summed E-state index contributed by atoms with van der Waals surface area (Å²) in [5.41, 5.74) is -0.136. The van der Waals surface area contributed by atoms with Crippen molar-refractivity contribution in [3.05, 3.63) is 133 Å². The van der Waals surface area contributed by atoms with Gasteiger partial charge in [0.1, 0.15) is 16.3 Å². The molecular formula is C39H45NO8S2. The van der Waals surface area contributed by atoms with Crippen molar-refractivity contribution in [2.75, 3.05) is 5.75 Å². The number of hydrogen-bond acceptors (Lipinski definition) is 10. The van der Waals surface area contributed by atoms with E-state index in [9.17, 15) is 18.9 Å². The highest BCUT2D eigenvalue weighted by Crippen LogP contribution is 2.38. The molecule has 8 atom stereocenters. The van der Waals surface area contributed by atoms with Crippen LogP contribution >= 0.6 is 11.8 Å². The molecule has 0 amide bonds. The maximum absolute atomic E-state index is 13.8. The van der Waals surface area contributed by atoms with E-state index in [1.807, 2.05) is 27.7 Å². The zero-order chi connectivity index (χ0) is 36.3. The molecule has 0 saturated carbocycles. The first-order valence-corrected chi connectivity index (χ1v) is 18.6. The van der Waals surface area contributed by atoms with Crippen LogP contribution in [0.25, 0.3) is 0 Å². The normalized spacial score (nSPS) is 22.3. The second-order valence-corrected chi connectivity index (χ2v) is 15.9. The summed E-state index contributed by atoms with van der Waals surface area (Å²) >= 11 is -0.255. The molecule has 0 radical (unpaired) electrons. The predicted octanol–water partition coefficient (Wildman–Crippen LogP) is 6.94. The number of hydrogen-bond donors (Lipinski definition) is 1. The van der Waals surface area contributed by atoms with Crippen molar-refractivity contribution in [3.63, 3.8) is 0 Å². The summed E-state index contributed by atoms with van der Waals surface area (Å²) in [6, 6.07) is 24.4. The minimum atomic E-state index is -1.60. The minimum Gasteiger partial charge on any atom is -0.598 e. The Morgan fingerprint density at radius 1 is 0.820 bits per heavy atom. The van der Waals surface area contributed by atoms with Crippen molar-refractivity contribution in [2.24, 2.45) is 5.92 Å². The van der Waals surface area contributed by atoms with Crippen LogP contribution in [0.1, 0.15) is 65.2 Å². The largest absolute Gasteiger partial charge is 0.598 e. The summed E-state index contributed by atoms with van der Waals surface area (Å²) in [6.07, 6.45) is -0.931. The number of carbonyl (C=O) groups is 3. The topological polar surface area (TPSA) is 123 Å². The highest BCUT2D eigenvalue weighted by molar-refractivity contribution is 7.99. The molecule has 3 aromatic rings. The van der Waals surface area contributed by atoms with Crippen molar-refractivity contribution in [2.45, 2.75) is 74.8 Å². The van der Waals surface area contributed by atoms with E-state index >= 15 is 0 Å². The van der Waals surface area contributed by atoms with Crippen LogP contribution in [0, 0.1) is 5.92 Å². The van der Waals surface area contributed by atoms with Gasteiger partial charge in [-0.2, -0.15) is 0 Å². The van der Waals surface area contributed by atoms with Crippen molar-refractivity contribution in [3.8, 4) is 0 Å². The van der Waals surface area contributed by atoms with Gasteiger partial charge < -0.3 is 23.5 Å². The first-order chi connectivity index (χ1) is 23.9. The van der Waals surface area contributed by atoms with Crippen LogP contribution in [-0.2, 0) is 30.3 Å². The zero-order valence-electron chi connectivity index (χ0n) is 28.8. The molecule has 1 unspecified atom stereocenters. The van der Waals surface area contributed by atoms with Crippen molar-refractivity contribution in [1.29, 1.82) is 0 Å². The molecule has 1 heterocycles. The molecule has 0 bridgehead atoms. The second kappa shape index (κ2) is 18.4. The molecule has 3 aromatic carbocycles. The van der Waals surface area contributed by atoms with Crippen molar-refractivity contribution < 1.29 is 37.9 Å². The third-order valence-electron chi connectivity index (χ3n) is 7.98. The van der Waals surface area contributed by atoms with E-state index in [0.29, 0.717) is 12.2 Å². The maximum Gasteiger partial charge on any atom is 0.338 e. The van der Waals surface area contributed by atoms with E-state index in [1.54, 1.807) is 103 Å². The van der Waals surface area contributed by atoms with Crippen LogP contribution in [0.2, 0.25) is 0 Å². The van der Waals surface area contributed by atoms with Gasteiger partial charge in [0.2, 0.25) is 0 Å². The van der Waals surface area contributed by atoms with Gasteiger partial charge in [-0.15, -0.1) is 29.6 Å². The maximum atomic E-state index is 13.8. The lowest BCUT2D eigenvalue weighted by Crippen LogP contribution is -2.67. The van der Waals surface area contributed by atoms with E-state index in [2.05, 4.69) is 17.9 Å². The predicted molar refractivity (Wildman–Crippen MR) is 197 cm³/mol. The van der Waals surface area contributed by atoms with E-state index in [1.165, 1.54) is 11.8 Å². The standard InChI is InChI=1S/C39H45NO8S2/c1-7-9-25-49-38-34(47-37(43)29-23-17-12-18-24-29)33(46-36(42)28-21-15-11-16-22-28)32(45-35(41)27-19-13-10-14-20-27)31(48-38)30(26(3)8-2)40-50(44)39(4,5)6/h7-8,10-24,26,30-34,38,40H,1-2,9,25H2,3-6H3/t26-,30-,31-,32+,33+,34-,38-,50?/m1/s1. The van der Waals surface area contributed by atoms with E-state index in [4.69, 9.17) is 18.9 Å². The number of thioether (sulfide) groups is 1. The zero-order valence-corrected chi connectivity index (χ0v) is 30.4. The Bertz CT molecular complexity index is 1570. The third-order valence-corrected chi connectivity index (χ3v) is 10.8. The highest BCUT2D eigenvalue weighted by Gasteiger charge is 2.56. The number of rotatable bonds is 15.